The molecule has 0 aliphatic rings. The van der Waals surface area contributed by atoms with Crippen LogP contribution >= 0.6 is 11.3 Å². The van der Waals surface area contributed by atoms with Crippen LogP contribution in [0, 0.1) is 5.92 Å². The van der Waals surface area contributed by atoms with Crippen molar-refractivity contribution in [3.8, 4) is 0 Å². The van der Waals surface area contributed by atoms with E-state index >= 15 is 0 Å². The van der Waals surface area contributed by atoms with Gasteiger partial charge in [-0.2, -0.15) is 13.2 Å². The molecule has 1 N–H and O–H groups in total. The molecule has 0 spiro atoms. The summed E-state index contributed by atoms with van der Waals surface area (Å²) in [6.07, 6.45) is -4.78. The molecule has 0 bridgehead atoms. The highest BCUT2D eigenvalue weighted by molar-refractivity contribution is 7.18. The van der Waals surface area contributed by atoms with Gasteiger partial charge in [-0.3, -0.25) is 13.9 Å². The number of hydrogen-bond donors (Lipinski definition) is 1. The number of aliphatic hydroxyl groups is 1. The molecule has 0 radical (unpaired) electrons. The Morgan fingerprint density at radius 1 is 1.12 bits per heavy atom. The minimum Gasteiger partial charge on any atom is -0.466 e. The summed E-state index contributed by atoms with van der Waals surface area (Å²) in [4.78, 5) is 26.8. The number of rotatable bonds is 6. The molecule has 1 aromatic carbocycles. The highest BCUT2D eigenvalue weighted by Gasteiger charge is 2.34. The number of thiophene rings is 1. The van der Waals surface area contributed by atoms with E-state index < -0.39 is 29.1 Å². The Hall–Kier alpha value is -3.11. The Labute approximate surface area is 196 Å². The monoisotopic (exact) mass is 492 g/mol. The molecule has 1 atom stereocenters. The van der Waals surface area contributed by atoms with Gasteiger partial charge < -0.3 is 9.52 Å². The Bertz CT molecular complexity index is 1450. The van der Waals surface area contributed by atoms with Crippen LogP contribution in [0.4, 0.5) is 13.2 Å². The van der Waals surface area contributed by atoms with Crippen LogP contribution in [0.2, 0.25) is 0 Å². The average Bonchev–Trinajstić information content (AvgIpc) is 3.43. The third-order valence-electron chi connectivity index (χ3n) is 5.59. The largest absolute Gasteiger partial charge is 0.466 e. The zero-order chi connectivity index (χ0) is 24.8. The molecule has 4 aromatic rings. The number of fused-ring (bicyclic) bond motifs is 1. The summed E-state index contributed by atoms with van der Waals surface area (Å²) in [5.41, 5.74) is -1.77. The minimum atomic E-state index is -4.57. The van der Waals surface area contributed by atoms with Gasteiger partial charge in [-0.25, -0.2) is 4.79 Å². The van der Waals surface area contributed by atoms with Crippen LogP contribution in [0.5, 0.6) is 0 Å². The van der Waals surface area contributed by atoms with Crippen LogP contribution in [-0.2, 0) is 26.2 Å². The smallest absolute Gasteiger partial charge is 0.416 e. The lowest BCUT2D eigenvalue weighted by Crippen LogP contribution is -2.38. The third kappa shape index (κ3) is 4.23. The van der Waals surface area contributed by atoms with Crippen LogP contribution in [0.1, 0.15) is 47.3 Å². The molecule has 0 amide bonds. The van der Waals surface area contributed by atoms with E-state index in [-0.39, 0.29) is 34.6 Å². The zero-order valence-corrected chi connectivity index (χ0v) is 19.5. The standard InChI is InChI=1S/C24H23F3N2O4S/c1-13(2)12-29-22-19(21(31)28(3)23(29)32)18(20(30)16-9-6-10-33-16)17(34-22)11-14-7-4-5-8-15(14)24(25,26)27/h4-10,13,20,30H,11-12H2,1-3H3. The minimum absolute atomic E-state index is 0.00373. The maximum Gasteiger partial charge on any atom is 0.416 e. The molecule has 3 aromatic heterocycles. The lowest BCUT2D eigenvalue weighted by atomic mass is 9.98. The number of aromatic nitrogens is 2. The van der Waals surface area contributed by atoms with Gasteiger partial charge in [-0.15, -0.1) is 11.3 Å². The second-order valence-electron chi connectivity index (χ2n) is 8.52. The van der Waals surface area contributed by atoms with Crippen molar-refractivity contribution in [1.82, 2.24) is 9.13 Å². The number of benzene rings is 1. The van der Waals surface area contributed by atoms with Crippen molar-refractivity contribution in [3.05, 3.63) is 90.8 Å². The summed E-state index contributed by atoms with van der Waals surface area (Å²) in [5, 5.41) is 11.3. The molecule has 1 unspecified atom stereocenters. The van der Waals surface area contributed by atoms with Crippen molar-refractivity contribution < 1.29 is 22.7 Å². The first kappa shape index (κ1) is 24.0. The zero-order valence-electron chi connectivity index (χ0n) is 18.7. The molecule has 180 valence electrons. The lowest BCUT2D eigenvalue weighted by molar-refractivity contribution is -0.138. The number of furan rings is 1. The second-order valence-corrected chi connectivity index (χ2v) is 9.60. The fourth-order valence-corrected chi connectivity index (χ4v) is 5.40. The molecule has 0 saturated heterocycles. The topological polar surface area (TPSA) is 77.4 Å². The summed E-state index contributed by atoms with van der Waals surface area (Å²) in [6.45, 7) is 4.13. The molecule has 3 heterocycles. The maximum absolute atomic E-state index is 13.7. The second kappa shape index (κ2) is 8.92. The van der Waals surface area contributed by atoms with Gasteiger partial charge >= 0.3 is 11.9 Å². The van der Waals surface area contributed by atoms with Gasteiger partial charge in [0.2, 0.25) is 0 Å². The fourth-order valence-electron chi connectivity index (χ4n) is 4.06. The molecule has 4 rings (SSSR count). The van der Waals surface area contributed by atoms with E-state index in [9.17, 15) is 27.9 Å². The predicted octanol–water partition coefficient (Wildman–Crippen LogP) is 4.70. The molecular weight excluding hydrogens is 469 g/mol. The average molecular weight is 493 g/mol. The number of halogens is 3. The van der Waals surface area contributed by atoms with Gasteiger partial charge in [0.05, 0.1) is 17.2 Å². The molecule has 0 saturated carbocycles. The number of hydrogen-bond acceptors (Lipinski definition) is 5. The van der Waals surface area contributed by atoms with E-state index in [4.69, 9.17) is 4.42 Å². The van der Waals surface area contributed by atoms with E-state index in [1.165, 1.54) is 42.1 Å². The van der Waals surface area contributed by atoms with E-state index in [0.29, 0.717) is 16.3 Å². The van der Waals surface area contributed by atoms with Crippen molar-refractivity contribution in [2.75, 3.05) is 0 Å². The Morgan fingerprint density at radius 3 is 2.44 bits per heavy atom. The van der Waals surface area contributed by atoms with Gasteiger partial charge in [0, 0.05) is 30.5 Å². The Kier molecular flexibility index (Phi) is 6.30. The van der Waals surface area contributed by atoms with E-state index in [1.807, 2.05) is 13.8 Å². The van der Waals surface area contributed by atoms with Crippen molar-refractivity contribution in [3.63, 3.8) is 0 Å². The summed E-state index contributed by atoms with van der Waals surface area (Å²) >= 11 is 1.05. The fraction of sp³-hybridized carbons (Fsp3) is 0.333. The summed E-state index contributed by atoms with van der Waals surface area (Å²) in [7, 11) is 1.35. The van der Waals surface area contributed by atoms with Gasteiger partial charge in [-0.1, -0.05) is 32.0 Å². The molecule has 6 nitrogen and oxygen atoms in total. The van der Waals surface area contributed by atoms with Crippen LogP contribution in [0.3, 0.4) is 0 Å². The molecule has 0 fully saturated rings. The van der Waals surface area contributed by atoms with Crippen LogP contribution in [0.25, 0.3) is 10.2 Å². The van der Waals surface area contributed by atoms with Crippen molar-refractivity contribution in [2.45, 2.75) is 39.1 Å². The van der Waals surface area contributed by atoms with Crippen LogP contribution in [-0.4, -0.2) is 14.2 Å². The summed E-state index contributed by atoms with van der Waals surface area (Å²) < 4.78 is 48.7. The van der Waals surface area contributed by atoms with Gasteiger partial charge in [0.25, 0.3) is 5.56 Å². The predicted molar refractivity (Wildman–Crippen MR) is 123 cm³/mol. The molecule has 34 heavy (non-hydrogen) atoms. The molecule has 0 aliphatic heterocycles. The molecular formula is C24H23F3N2O4S. The quantitative estimate of drug-likeness (QED) is 0.423. The summed E-state index contributed by atoms with van der Waals surface area (Å²) in [5.74, 6) is 0.210. The first-order chi connectivity index (χ1) is 16.0. The highest BCUT2D eigenvalue weighted by Crippen LogP contribution is 2.40. The number of nitrogens with zero attached hydrogens (tertiary/aromatic N) is 2. The Balaban J connectivity index is 2.04. The number of aliphatic hydroxyl groups excluding tert-OH is 1. The van der Waals surface area contributed by atoms with E-state index in [0.717, 1.165) is 22.0 Å². The molecule has 0 aliphatic carbocycles. The van der Waals surface area contributed by atoms with Crippen molar-refractivity contribution in [1.29, 1.82) is 0 Å². The number of alkyl halides is 3. The van der Waals surface area contributed by atoms with Gasteiger partial charge in [0.1, 0.15) is 16.7 Å². The van der Waals surface area contributed by atoms with Gasteiger partial charge in [-0.05, 0) is 29.7 Å². The third-order valence-corrected chi connectivity index (χ3v) is 6.82. The van der Waals surface area contributed by atoms with E-state index in [1.54, 1.807) is 6.07 Å². The van der Waals surface area contributed by atoms with Crippen molar-refractivity contribution in [2.24, 2.45) is 13.0 Å². The van der Waals surface area contributed by atoms with E-state index in [2.05, 4.69) is 0 Å². The lowest BCUT2D eigenvalue weighted by Gasteiger charge is -2.14. The first-order valence-corrected chi connectivity index (χ1v) is 11.4. The van der Waals surface area contributed by atoms with Crippen LogP contribution in [0.15, 0.2) is 56.7 Å². The normalized spacial score (nSPS) is 13.2. The molecule has 10 heteroatoms. The highest BCUT2D eigenvalue weighted by atomic mass is 32.1. The Morgan fingerprint density at radius 2 is 1.82 bits per heavy atom. The van der Waals surface area contributed by atoms with Crippen LogP contribution < -0.4 is 11.2 Å². The SMILES string of the molecule is CC(C)Cn1c(=O)n(C)c(=O)c2c(C(O)c3ccco3)c(Cc3ccccc3C(F)(F)F)sc21. The first-order valence-electron chi connectivity index (χ1n) is 10.6. The van der Waals surface area contributed by atoms with Crippen molar-refractivity contribution >= 4 is 21.6 Å². The van der Waals surface area contributed by atoms with Gasteiger partial charge in [0.15, 0.2) is 0 Å². The summed E-state index contributed by atoms with van der Waals surface area (Å²) in [6, 6.07) is 8.28. The maximum atomic E-state index is 13.7.